The van der Waals surface area contributed by atoms with Gasteiger partial charge in [0.15, 0.2) is 5.76 Å². The summed E-state index contributed by atoms with van der Waals surface area (Å²) in [6.45, 7) is 0.654. The molecule has 2 heterocycles. The molecule has 28 heavy (non-hydrogen) atoms. The van der Waals surface area contributed by atoms with Crippen LogP contribution in [0.2, 0.25) is 10.0 Å². The molecule has 142 valence electrons. The molecule has 3 aromatic rings. The van der Waals surface area contributed by atoms with E-state index in [0.717, 1.165) is 6.42 Å². The topological polar surface area (TPSA) is 62.6 Å². The summed E-state index contributed by atoms with van der Waals surface area (Å²) in [5.41, 5.74) is 1.88. The van der Waals surface area contributed by atoms with E-state index in [0.29, 0.717) is 45.7 Å². The van der Waals surface area contributed by atoms with E-state index < -0.39 is 5.91 Å². The van der Waals surface area contributed by atoms with E-state index in [4.69, 9.17) is 27.6 Å². The fourth-order valence-electron chi connectivity index (χ4n) is 3.16. The Labute approximate surface area is 171 Å². The summed E-state index contributed by atoms with van der Waals surface area (Å²) in [6, 6.07) is 15.6. The first kappa shape index (κ1) is 18.6. The molecule has 0 aliphatic carbocycles. The third kappa shape index (κ3) is 3.63. The van der Waals surface area contributed by atoms with E-state index in [2.05, 4.69) is 5.32 Å². The highest BCUT2D eigenvalue weighted by molar-refractivity contribution is 6.34. The number of anilines is 2. The normalized spacial score (nSPS) is 13.8. The standard InChI is InChI=1S/C21H16Cl2N2O3/c22-15-5-2-1-4-14(15)18-9-10-19(28-18)21(27)24-13-7-8-17(16(23)12-13)25-11-3-6-20(25)26/h1-2,4-5,7-10,12H,3,6,11H2,(H,24,27). The largest absolute Gasteiger partial charge is 0.451 e. The van der Waals surface area contributed by atoms with Crippen LogP contribution in [0.4, 0.5) is 11.4 Å². The van der Waals surface area contributed by atoms with Gasteiger partial charge in [0.1, 0.15) is 5.76 Å². The molecule has 1 aromatic heterocycles. The molecule has 0 bridgehead atoms. The number of halogens is 2. The van der Waals surface area contributed by atoms with Crippen molar-refractivity contribution in [1.82, 2.24) is 0 Å². The molecular formula is C21H16Cl2N2O3. The molecule has 0 saturated carbocycles. The number of furan rings is 1. The maximum atomic E-state index is 12.5. The molecule has 1 aliphatic rings. The number of nitrogens with one attached hydrogen (secondary N) is 1. The highest BCUT2D eigenvalue weighted by atomic mass is 35.5. The maximum absolute atomic E-state index is 12.5. The molecule has 0 radical (unpaired) electrons. The molecule has 0 spiro atoms. The Morgan fingerprint density at radius 3 is 2.57 bits per heavy atom. The highest BCUT2D eigenvalue weighted by Gasteiger charge is 2.24. The molecule has 0 atom stereocenters. The Bertz CT molecular complexity index is 1060. The first-order valence-corrected chi connectivity index (χ1v) is 9.54. The zero-order valence-corrected chi connectivity index (χ0v) is 16.3. The lowest BCUT2D eigenvalue weighted by Gasteiger charge is -2.18. The number of carbonyl (C=O) groups excluding carboxylic acids is 2. The van der Waals surface area contributed by atoms with Gasteiger partial charge in [-0.2, -0.15) is 0 Å². The van der Waals surface area contributed by atoms with E-state index in [1.165, 1.54) is 0 Å². The van der Waals surface area contributed by atoms with Gasteiger partial charge in [0.2, 0.25) is 5.91 Å². The van der Waals surface area contributed by atoms with Gasteiger partial charge in [-0.05, 0) is 48.9 Å². The van der Waals surface area contributed by atoms with Crippen molar-refractivity contribution in [1.29, 1.82) is 0 Å². The first-order valence-electron chi connectivity index (χ1n) is 8.79. The van der Waals surface area contributed by atoms with Crippen LogP contribution < -0.4 is 10.2 Å². The Hall–Kier alpha value is -2.76. The minimum absolute atomic E-state index is 0.0568. The van der Waals surface area contributed by atoms with E-state index in [1.807, 2.05) is 18.2 Å². The summed E-state index contributed by atoms with van der Waals surface area (Å²) in [6.07, 6.45) is 1.35. The van der Waals surface area contributed by atoms with Gasteiger partial charge in [0.25, 0.3) is 5.91 Å². The predicted molar refractivity (Wildman–Crippen MR) is 110 cm³/mol. The average Bonchev–Trinajstić information content (AvgIpc) is 3.32. The molecule has 1 N–H and O–H groups in total. The van der Waals surface area contributed by atoms with Crippen molar-refractivity contribution in [3.05, 3.63) is 70.4 Å². The zero-order chi connectivity index (χ0) is 19.7. The summed E-state index contributed by atoms with van der Waals surface area (Å²) >= 11 is 12.5. The van der Waals surface area contributed by atoms with Crippen LogP contribution >= 0.6 is 23.2 Å². The van der Waals surface area contributed by atoms with Gasteiger partial charge < -0.3 is 14.6 Å². The van der Waals surface area contributed by atoms with Gasteiger partial charge in [-0.1, -0.05) is 35.3 Å². The summed E-state index contributed by atoms with van der Waals surface area (Å²) in [4.78, 5) is 26.1. The van der Waals surface area contributed by atoms with Gasteiger partial charge in [-0.15, -0.1) is 0 Å². The molecule has 2 amide bonds. The van der Waals surface area contributed by atoms with Gasteiger partial charge in [0, 0.05) is 24.2 Å². The summed E-state index contributed by atoms with van der Waals surface area (Å²) in [7, 11) is 0. The number of hydrogen-bond acceptors (Lipinski definition) is 3. The number of nitrogens with zero attached hydrogens (tertiary/aromatic N) is 1. The molecule has 1 aliphatic heterocycles. The number of hydrogen-bond donors (Lipinski definition) is 1. The van der Waals surface area contributed by atoms with Crippen LogP contribution in [0.5, 0.6) is 0 Å². The zero-order valence-electron chi connectivity index (χ0n) is 14.7. The molecular weight excluding hydrogens is 399 g/mol. The van der Waals surface area contributed by atoms with Crippen molar-refractivity contribution in [2.24, 2.45) is 0 Å². The SMILES string of the molecule is O=C(Nc1ccc(N2CCCC2=O)c(Cl)c1)c1ccc(-c2ccccc2Cl)o1. The molecule has 4 rings (SSSR count). The Morgan fingerprint density at radius 1 is 1.04 bits per heavy atom. The summed E-state index contributed by atoms with van der Waals surface area (Å²) in [5, 5.41) is 3.70. The molecule has 1 saturated heterocycles. The van der Waals surface area contributed by atoms with Crippen molar-refractivity contribution >= 4 is 46.4 Å². The van der Waals surface area contributed by atoms with E-state index in [9.17, 15) is 9.59 Å². The second-order valence-electron chi connectivity index (χ2n) is 6.41. The highest BCUT2D eigenvalue weighted by Crippen LogP contribution is 2.32. The molecule has 2 aromatic carbocycles. The third-order valence-corrected chi connectivity index (χ3v) is 5.17. The van der Waals surface area contributed by atoms with Crippen LogP contribution in [-0.4, -0.2) is 18.4 Å². The number of carbonyl (C=O) groups is 2. The minimum Gasteiger partial charge on any atom is -0.451 e. The predicted octanol–water partition coefficient (Wildman–Crippen LogP) is 5.63. The lowest BCUT2D eigenvalue weighted by molar-refractivity contribution is -0.117. The average molecular weight is 415 g/mol. The Balaban J connectivity index is 1.51. The molecule has 7 heteroatoms. The van der Waals surface area contributed by atoms with Crippen molar-refractivity contribution < 1.29 is 14.0 Å². The number of amides is 2. The van der Waals surface area contributed by atoms with Crippen LogP contribution in [-0.2, 0) is 4.79 Å². The fraction of sp³-hybridized carbons (Fsp3) is 0.143. The molecule has 0 unspecified atom stereocenters. The van der Waals surface area contributed by atoms with Gasteiger partial charge in [0.05, 0.1) is 15.7 Å². The van der Waals surface area contributed by atoms with Gasteiger partial charge in [-0.3, -0.25) is 9.59 Å². The van der Waals surface area contributed by atoms with Crippen molar-refractivity contribution in [3.63, 3.8) is 0 Å². The minimum atomic E-state index is -0.403. The quantitative estimate of drug-likeness (QED) is 0.601. The van der Waals surface area contributed by atoms with Crippen LogP contribution in [0.25, 0.3) is 11.3 Å². The monoisotopic (exact) mass is 414 g/mol. The third-order valence-electron chi connectivity index (χ3n) is 4.54. The molecule has 5 nitrogen and oxygen atoms in total. The Morgan fingerprint density at radius 2 is 1.86 bits per heavy atom. The lowest BCUT2D eigenvalue weighted by atomic mass is 10.2. The second-order valence-corrected chi connectivity index (χ2v) is 7.23. The van der Waals surface area contributed by atoms with E-state index >= 15 is 0 Å². The van der Waals surface area contributed by atoms with Crippen LogP contribution in [0, 0.1) is 0 Å². The summed E-state index contributed by atoms with van der Waals surface area (Å²) < 4.78 is 5.65. The van der Waals surface area contributed by atoms with Crippen LogP contribution in [0.15, 0.2) is 59.0 Å². The first-order chi connectivity index (χ1) is 13.5. The smallest absolute Gasteiger partial charge is 0.291 e. The lowest BCUT2D eigenvalue weighted by Crippen LogP contribution is -2.24. The second kappa shape index (κ2) is 7.70. The number of benzene rings is 2. The van der Waals surface area contributed by atoms with Crippen LogP contribution in [0.3, 0.4) is 0 Å². The summed E-state index contributed by atoms with van der Waals surface area (Å²) in [5.74, 6) is 0.322. The van der Waals surface area contributed by atoms with E-state index in [-0.39, 0.29) is 11.7 Å². The molecule has 1 fully saturated rings. The maximum Gasteiger partial charge on any atom is 0.291 e. The number of rotatable bonds is 4. The van der Waals surface area contributed by atoms with Crippen molar-refractivity contribution in [3.8, 4) is 11.3 Å². The van der Waals surface area contributed by atoms with Gasteiger partial charge in [-0.25, -0.2) is 0 Å². The van der Waals surface area contributed by atoms with E-state index in [1.54, 1.807) is 41.3 Å². The van der Waals surface area contributed by atoms with Gasteiger partial charge >= 0.3 is 0 Å². The van der Waals surface area contributed by atoms with Crippen molar-refractivity contribution in [2.45, 2.75) is 12.8 Å². The van der Waals surface area contributed by atoms with Crippen LogP contribution in [0.1, 0.15) is 23.4 Å². The fourth-order valence-corrected chi connectivity index (χ4v) is 3.68. The Kier molecular flexibility index (Phi) is 5.11. The van der Waals surface area contributed by atoms with Crippen molar-refractivity contribution in [2.75, 3.05) is 16.8 Å².